The fourth-order valence-electron chi connectivity index (χ4n) is 2.64. The molecule has 70 valence electrons. The molecule has 0 spiro atoms. The first-order chi connectivity index (χ1) is 5.88. The van der Waals surface area contributed by atoms with Crippen LogP contribution >= 0.6 is 11.8 Å². The average Bonchev–Trinajstić information content (AvgIpc) is 2.04. The van der Waals surface area contributed by atoms with Crippen LogP contribution in [0.3, 0.4) is 0 Å². The van der Waals surface area contributed by atoms with Crippen molar-refractivity contribution in [1.82, 2.24) is 0 Å². The van der Waals surface area contributed by atoms with Crippen molar-refractivity contribution in [3.8, 4) is 0 Å². The summed E-state index contributed by atoms with van der Waals surface area (Å²) >= 11 is 2.26. The molecule has 0 aromatic heterocycles. The van der Waals surface area contributed by atoms with Gasteiger partial charge in [-0.25, -0.2) is 0 Å². The Morgan fingerprint density at radius 2 is 1.83 bits per heavy atom. The third-order valence-electron chi connectivity index (χ3n) is 3.20. The van der Waals surface area contributed by atoms with E-state index < -0.39 is 0 Å². The topological polar surface area (TPSA) is 26.0 Å². The normalized spacial score (nSPS) is 41.2. The highest BCUT2D eigenvalue weighted by Crippen LogP contribution is 2.44. The van der Waals surface area contributed by atoms with Crippen molar-refractivity contribution in [3.05, 3.63) is 0 Å². The molecule has 2 atom stereocenters. The van der Waals surface area contributed by atoms with E-state index in [-0.39, 0.29) is 0 Å². The van der Waals surface area contributed by atoms with Crippen molar-refractivity contribution in [1.29, 1.82) is 0 Å². The Morgan fingerprint density at radius 3 is 2.42 bits per heavy atom. The van der Waals surface area contributed by atoms with Gasteiger partial charge in [0.05, 0.1) is 0 Å². The predicted octanol–water partition coefficient (Wildman–Crippen LogP) is 2.40. The Balaban J connectivity index is 1.87. The van der Waals surface area contributed by atoms with Crippen LogP contribution in [0, 0.1) is 5.92 Å². The summed E-state index contributed by atoms with van der Waals surface area (Å²) in [6.07, 6.45) is 8.62. The smallest absolute Gasteiger partial charge is 0.00524 e. The second-order valence-corrected chi connectivity index (χ2v) is 5.83. The maximum atomic E-state index is 5.60. The van der Waals surface area contributed by atoms with Crippen LogP contribution in [-0.2, 0) is 0 Å². The standard InChI is InChI=1S/C10H19NS/c11-5-4-8-6-9-2-1-3-10(7-8)12-9/h8-10H,1-7,11H2. The third-order valence-corrected chi connectivity index (χ3v) is 4.83. The van der Waals surface area contributed by atoms with Gasteiger partial charge in [0.15, 0.2) is 0 Å². The molecular weight excluding hydrogens is 166 g/mol. The molecule has 2 unspecified atom stereocenters. The van der Waals surface area contributed by atoms with E-state index in [9.17, 15) is 0 Å². The minimum Gasteiger partial charge on any atom is -0.330 e. The lowest BCUT2D eigenvalue weighted by Crippen LogP contribution is -2.29. The second kappa shape index (κ2) is 4.01. The van der Waals surface area contributed by atoms with Crippen LogP contribution in [0.5, 0.6) is 0 Å². The minimum absolute atomic E-state index is 0.898. The monoisotopic (exact) mass is 185 g/mol. The van der Waals surface area contributed by atoms with Gasteiger partial charge in [-0.1, -0.05) is 6.42 Å². The lowest BCUT2D eigenvalue weighted by Gasteiger charge is -2.38. The predicted molar refractivity (Wildman–Crippen MR) is 55.4 cm³/mol. The highest BCUT2D eigenvalue weighted by atomic mass is 32.2. The number of thioether (sulfide) groups is 1. The van der Waals surface area contributed by atoms with Gasteiger partial charge in [0.25, 0.3) is 0 Å². The van der Waals surface area contributed by atoms with Crippen LogP contribution in [0.1, 0.15) is 38.5 Å². The lowest BCUT2D eigenvalue weighted by molar-refractivity contribution is 0.355. The van der Waals surface area contributed by atoms with Crippen LogP contribution < -0.4 is 5.73 Å². The molecule has 2 aliphatic rings. The van der Waals surface area contributed by atoms with Crippen LogP contribution in [0.25, 0.3) is 0 Å². The third kappa shape index (κ3) is 1.97. The number of rotatable bonds is 2. The van der Waals surface area contributed by atoms with Gasteiger partial charge in [0.1, 0.15) is 0 Å². The van der Waals surface area contributed by atoms with E-state index in [0.29, 0.717) is 0 Å². The highest BCUT2D eigenvalue weighted by Gasteiger charge is 2.31. The molecule has 0 aromatic carbocycles. The van der Waals surface area contributed by atoms with Gasteiger partial charge in [-0.15, -0.1) is 0 Å². The first kappa shape index (κ1) is 8.89. The summed E-state index contributed by atoms with van der Waals surface area (Å²) in [4.78, 5) is 0. The maximum Gasteiger partial charge on any atom is 0.00524 e. The molecule has 1 nitrogen and oxygen atoms in total. The molecule has 2 N–H and O–H groups in total. The first-order valence-corrected chi connectivity index (χ1v) is 6.18. The highest BCUT2D eigenvalue weighted by molar-refractivity contribution is 8.00. The van der Waals surface area contributed by atoms with Crippen LogP contribution in [0.2, 0.25) is 0 Å². The van der Waals surface area contributed by atoms with Gasteiger partial charge in [-0.3, -0.25) is 0 Å². The molecule has 0 aliphatic carbocycles. The zero-order valence-electron chi connectivity index (χ0n) is 7.67. The average molecular weight is 185 g/mol. The molecule has 0 radical (unpaired) electrons. The first-order valence-electron chi connectivity index (χ1n) is 5.24. The van der Waals surface area contributed by atoms with Gasteiger partial charge in [0.2, 0.25) is 0 Å². The maximum absolute atomic E-state index is 5.60. The Hall–Kier alpha value is 0.310. The molecule has 2 fully saturated rings. The number of hydrogen-bond donors (Lipinski definition) is 1. The summed E-state index contributed by atoms with van der Waals surface area (Å²) in [5.41, 5.74) is 5.60. The zero-order chi connectivity index (χ0) is 8.39. The number of hydrogen-bond acceptors (Lipinski definition) is 2. The van der Waals surface area contributed by atoms with Gasteiger partial charge in [0, 0.05) is 10.5 Å². The van der Waals surface area contributed by atoms with Gasteiger partial charge in [-0.2, -0.15) is 11.8 Å². The SMILES string of the molecule is NCCC1CC2CCCC(C1)S2. The Kier molecular flexibility index (Phi) is 2.97. The molecule has 0 saturated carbocycles. The van der Waals surface area contributed by atoms with E-state index >= 15 is 0 Å². The van der Waals surface area contributed by atoms with Crippen molar-refractivity contribution < 1.29 is 0 Å². The molecule has 2 rings (SSSR count). The van der Waals surface area contributed by atoms with Crippen molar-refractivity contribution >= 4 is 11.8 Å². The van der Waals surface area contributed by atoms with E-state index in [0.717, 1.165) is 23.0 Å². The van der Waals surface area contributed by atoms with Gasteiger partial charge >= 0.3 is 0 Å². The van der Waals surface area contributed by atoms with Gasteiger partial charge < -0.3 is 5.73 Å². The molecule has 2 heterocycles. The number of nitrogens with two attached hydrogens (primary N) is 1. The molecule has 2 bridgehead atoms. The Bertz CT molecular complexity index is 137. The Morgan fingerprint density at radius 1 is 1.17 bits per heavy atom. The molecule has 2 saturated heterocycles. The number of fused-ring (bicyclic) bond motifs is 2. The molecule has 12 heavy (non-hydrogen) atoms. The van der Waals surface area contributed by atoms with Crippen LogP contribution in [-0.4, -0.2) is 17.0 Å². The van der Waals surface area contributed by atoms with E-state index in [1.165, 1.54) is 38.5 Å². The second-order valence-electron chi connectivity index (χ2n) is 4.23. The van der Waals surface area contributed by atoms with Gasteiger partial charge in [-0.05, 0) is 44.6 Å². The van der Waals surface area contributed by atoms with Crippen molar-refractivity contribution in [2.75, 3.05) is 6.54 Å². The molecule has 2 heteroatoms. The molecular formula is C10H19NS. The molecule has 0 aromatic rings. The summed E-state index contributed by atoms with van der Waals surface area (Å²) < 4.78 is 0. The lowest BCUT2D eigenvalue weighted by atomic mass is 9.87. The van der Waals surface area contributed by atoms with Crippen molar-refractivity contribution in [3.63, 3.8) is 0 Å². The van der Waals surface area contributed by atoms with E-state index in [1.54, 1.807) is 0 Å². The summed E-state index contributed by atoms with van der Waals surface area (Å²) in [6.45, 7) is 0.898. The largest absolute Gasteiger partial charge is 0.330 e. The summed E-state index contributed by atoms with van der Waals surface area (Å²) in [6, 6.07) is 0. The minimum atomic E-state index is 0.898. The van der Waals surface area contributed by atoms with E-state index in [4.69, 9.17) is 5.73 Å². The van der Waals surface area contributed by atoms with E-state index in [1.807, 2.05) is 0 Å². The van der Waals surface area contributed by atoms with Crippen LogP contribution in [0.4, 0.5) is 0 Å². The zero-order valence-corrected chi connectivity index (χ0v) is 8.48. The fraction of sp³-hybridized carbons (Fsp3) is 1.00. The van der Waals surface area contributed by atoms with E-state index in [2.05, 4.69) is 11.8 Å². The summed E-state index contributed by atoms with van der Waals surface area (Å²) in [5, 5.41) is 1.99. The van der Waals surface area contributed by atoms with Crippen molar-refractivity contribution in [2.24, 2.45) is 11.7 Å². The Labute approximate surface area is 79.5 Å². The summed E-state index contributed by atoms with van der Waals surface area (Å²) in [5.74, 6) is 0.964. The van der Waals surface area contributed by atoms with Crippen molar-refractivity contribution in [2.45, 2.75) is 49.0 Å². The molecule has 2 aliphatic heterocycles. The summed E-state index contributed by atoms with van der Waals surface area (Å²) in [7, 11) is 0. The van der Waals surface area contributed by atoms with Crippen LogP contribution in [0.15, 0.2) is 0 Å². The quantitative estimate of drug-likeness (QED) is 0.715. The fourth-order valence-corrected chi connectivity index (χ4v) is 4.56. The molecule has 0 amide bonds.